The number of rotatable bonds is 5. The molecule has 0 aliphatic heterocycles. The summed E-state index contributed by atoms with van der Waals surface area (Å²) in [6.07, 6.45) is 0. The zero-order valence-corrected chi connectivity index (χ0v) is 13.0. The molecule has 0 unspecified atom stereocenters. The molecule has 0 bridgehead atoms. The van der Waals surface area contributed by atoms with Crippen LogP contribution in [0.4, 0.5) is 0 Å². The van der Waals surface area contributed by atoms with Crippen LogP contribution < -0.4 is 0 Å². The molecule has 22 heavy (non-hydrogen) atoms. The highest BCUT2D eigenvalue weighted by Gasteiger charge is 2.23. The molecule has 0 amide bonds. The fourth-order valence-corrected chi connectivity index (χ4v) is 2.16. The van der Waals surface area contributed by atoms with Gasteiger partial charge in [-0.2, -0.15) is 0 Å². The maximum atomic E-state index is 12.1. The molecular weight excluding hydrogens is 288 g/mol. The van der Waals surface area contributed by atoms with Crippen molar-refractivity contribution in [3.63, 3.8) is 0 Å². The molecule has 118 valence electrons. The minimum Gasteiger partial charge on any atom is -0.462 e. The van der Waals surface area contributed by atoms with E-state index in [4.69, 9.17) is 14.0 Å². The van der Waals surface area contributed by atoms with Crippen LogP contribution in [0.15, 0.2) is 10.6 Å². The van der Waals surface area contributed by atoms with Crippen LogP contribution in [0, 0.1) is 20.8 Å². The third kappa shape index (κ3) is 3.19. The molecule has 2 aromatic heterocycles. The Kier molecular flexibility index (Phi) is 4.65. The van der Waals surface area contributed by atoms with Crippen molar-refractivity contribution in [2.45, 2.75) is 34.3 Å². The zero-order valence-electron chi connectivity index (χ0n) is 13.0. The number of carbonyl (C=O) groups is 2. The number of nitrogens with one attached hydrogen (secondary N) is 1. The van der Waals surface area contributed by atoms with E-state index in [9.17, 15) is 9.59 Å². The number of aryl methyl sites for hydroxylation is 2. The number of H-pyrrole nitrogens is 1. The molecule has 0 fully saturated rings. The maximum absolute atomic E-state index is 12.1. The maximum Gasteiger partial charge on any atom is 0.355 e. The van der Waals surface area contributed by atoms with E-state index in [1.54, 1.807) is 33.8 Å². The van der Waals surface area contributed by atoms with E-state index in [1.165, 1.54) is 0 Å². The van der Waals surface area contributed by atoms with Crippen molar-refractivity contribution in [2.24, 2.45) is 0 Å². The second kappa shape index (κ2) is 6.46. The molecule has 0 aliphatic carbocycles. The Bertz CT molecular complexity index is 699. The summed E-state index contributed by atoms with van der Waals surface area (Å²) in [5.41, 5.74) is 2.21. The molecule has 0 spiro atoms. The Morgan fingerprint density at radius 2 is 1.95 bits per heavy atom. The van der Waals surface area contributed by atoms with Crippen LogP contribution in [0.1, 0.15) is 50.5 Å². The van der Waals surface area contributed by atoms with Gasteiger partial charge in [0.2, 0.25) is 0 Å². The summed E-state index contributed by atoms with van der Waals surface area (Å²) in [7, 11) is 0. The molecule has 0 saturated heterocycles. The molecule has 0 aliphatic rings. The Labute approximate surface area is 127 Å². The van der Waals surface area contributed by atoms with E-state index < -0.39 is 11.9 Å². The predicted molar refractivity (Wildman–Crippen MR) is 76.6 cm³/mol. The van der Waals surface area contributed by atoms with E-state index in [-0.39, 0.29) is 18.9 Å². The lowest BCUT2D eigenvalue weighted by Crippen LogP contribution is -2.09. The van der Waals surface area contributed by atoms with E-state index in [1.807, 2.05) is 0 Å². The lowest BCUT2D eigenvalue weighted by Gasteiger charge is -2.03. The van der Waals surface area contributed by atoms with Gasteiger partial charge in [0.05, 0.1) is 12.2 Å². The number of hydrogen-bond acceptors (Lipinski definition) is 6. The van der Waals surface area contributed by atoms with Gasteiger partial charge in [0.25, 0.3) is 0 Å². The third-order valence-electron chi connectivity index (χ3n) is 3.15. The molecule has 7 heteroatoms. The Hall–Kier alpha value is -2.57. The van der Waals surface area contributed by atoms with Gasteiger partial charge in [0.1, 0.15) is 23.8 Å². The molecule has 0 saturated carbocycles. The minimum atomic E-state index is -0.559. The average molecular weight is 306 g/mol. The Morgan fingerprint density at radius 1 is 1.23 bits per heavy atom. The van der Waals surface area contributed by atoms with Crippen molar-refractivity contribution in [1.29, 1.82) is 0 Å². The number of aromatic amines is 1. The fourth-order valence-electron chi connectivity index (χ4n) is 2.16. The van der Waals surface area contributed by atoms with Crippen LogP contribution in [-0.4, -0.2) is 28.7 Å². The molecule has 2 heterocycles. The van der Waals surface area contributed by atoms with E-state index in [0.717, 1.165) is 0 Å². The summed E-state index contributed by atoms with van der Waals surface area (Å²) in [5, 5.41) is 3.74. The normalized spacial score (nSPS) is 10.5. The highest BCUT2D eigenvalue weighted by atomic mass is 16.5. The lowest BCUT2D eigenvalue weighted by molar-refractivity contribution is 0.0457. The van der Waals surface area contributed by atoms with Crippen LogP contribution in [-0.2, 0) is 16.1 Å². The quantitative estimate of drug-likeness (QED) is 0.853. The Morgan fingerprint density at radius 3 is 2.55 bits per heavy atom. The first-order valence-electron chi connectivity index (χ1n) is 6.89. The highest BCUT2D eigenvalue weighted by molar-refractivity contribution is 5.98. The van der Waals surface area contributed by atoms with Gasteiger partial charge in [-0.3, -0.25) is 0 Å². The minimum absolute atomic E-state index is 0.00240. The molecule has 7 nitrogen and oxygen atoms in total. The van der Waals surface area contributed by atoms with Crippen LogP contribution in [0.2, 0.25) is 0 Å². The molecule has 1 N–H and O–H groups in total. The SMILES string of the molecule is CCOC(=O)c1c(C)[nH]c(C(=O)OCc2cc(C)on2)c1C. The van der Waals surface area contributed by atoms with Gasteiger partial charge >= 0.3 is 11.9 Å². The van der Waals surface area contributed by atoms with Gasteiger partial charge in [-0.25, -0.2) is 9.59 Å². The molecule has 0 atom stereocenters. The van der Waals surface area contributed by atoms with Gasteiger partial charge in [-0.1, -0.05) is 5.16 Å². The summed E-state index contributed by atoms with van der Waals surface area (Å²) < 4.78 is 15.1. The lowest BCUT2D eigenvalue weighted by atomic mass is 10.1. The molecular formula is C15H18N2O5. The largest absolute Gasteiger partial charge is 0.462 e. The smallest absolute Gasteiger partial charge is 0.355 e. The highest BCUT2D eigenvalue weighted by Crippen LogP contribution is 2.20. The summed E-state index contributed by atoms with van der Waals surface area (Å²) in [4.78, 5) is 26.9. The van der Waals surface area contributed by atoms with Crippen molar-refractivity contribution in [3.8, 4) is 0 Å². The van der Waals surface area contributed by atoms with Crippen molar-refractivity contribution < 1.29 is 23.6 Å². The monoisotopic (exact) mass is 306 g/mol. The molecule has 0 aromatic carbocycles. The van der Waals surface area contributed by atoms with Crippen LogP contribution in [0.25, 0.3) is 0 Å². The number of carbonyl (C=O) groups excluding carboxylic acids is 2. The van der Waals surface area contributed by atoms with E-state index in [2.05, 4.69) is 10.1 Å². The summed E-state index contributed by atoms with van der Waals surface area (Å²) >= 11 is 0. The Balaban J connectivity index is 2.13. The van der Waals surface area contributed by atoms with Gasteiger partial charge in [0.15, 0.2) is 0 Å². The average Bonchev–Trinajstić information content (AvgIpc) is 3.00. The second-order valence-corrected chi connectivity index (χ2v) is 4.85. The van der Waals surface area contributed by atoms with Gasteiger partial charge in [0, 0.05) is 11.8 Å². The van der Waals surface area contributed by atoms with E-state index in [0.29, 0.717) is 28.3 Å². The fraction of sp³-hybridized carbons (Fsp3) is 0.400. The van der Waals surface area contributed by atoms with Crippen molar-refractivity contribution in [2.75, 3.05) is 6.61 Å². The standard InChI is InChI=1S/C15H18N2O5/c1-5-20-14(18)12-9(3)13(16-10(12)4)15(19)21-7-11-6-8(2)22-17-11/h6,16H,5,7H2,1-4H3. The van der Waals surface area contributed by atoms with Gasteiger partial charge < -0.3 is 19.0 Å². The molecule has 0 radical (unpaired) electrons. The topological polar surface area (TPSA) is 94.4 Å². The summed E-state index contributed by atoms with van der Waals surface area (Å²) in [6, 6.07) is 1.68. The number of esters is 2. The zero-order chi connectivity index (χ0) is 16.3. The first-order valence-corrected chi connectivity index (χ1v) is 6.89. The van der Waals surface area contributed by atoms with Crippen LogP contribution in [0.5, 0.6) is 0 Å². The van der Waals surface area contributed by atoms with Gasteiger partial charge in [-0.05, 0) is 33.3 Å². The second-order valence-electron chi connectivity index (χ2n) is 4.85. The first kappa shape index (κ1) is 15.8. The number of hydrogen-bond donors (Lipinski definition) is 1. The van der Waals surface area contributed by atoms with E-state index >= 15 is 0 Å². The predicted octanol–water partition coefficient (Wildman–Crippen LogP) is 2.46. The van der Waals surface area contributed by atoms with Crippen LogP contribution >= 0.6 is 0 Å². The number of aromatic nitrogens is 2. The van der Waals surface area contributed by atoms with Crippen LogP contribution in [0.3, 0.4) is 0 Å². The number of ether oxygens (including phenoxy) is 2. The van der Waals surface area contributed by atoms with Crippen molar-refractivity contribution in [1.82, 2.24) is 10.1 Å². The van der Waals surface area contributed by atoms with Crippen molar-refractivity contribution >= 4 is 11.9 Å². The third-order valence-corrected chi connectivity index (χ3v) is 3.15. The summed E-state index contributed by atoms with van der Waals surface area (Å²) in [5.74, 6) is -0.376. The summed E-state index contributed by atoms with van der Waals surface area (Å²) in [6.45, 7) is 7.13. The van der Waals surface area contributed by atoms with Crippen molar-refractivity contribution in [3.05, 3.63) is 40.0 Å². The number of nitrogens with zero attached hydrogens (tertiary/aromatic N) is 1. The van der Waals surface area contributed by atoms with Gasteiger partial charge in [-0.15, -0.1) is 0 Å². The first-order chi connectivity index (χ1) is 10.4. The molecule has 2 aromatic rings. The molecule has 2 rings (SSSR count).